The van der Waals surface area contributed by atoms with Crippen LogP contribution in [-0.2, 0) is 4.79 Å². The SMILES string of the molecule is CCC(CO)NC(CC(=O)O)C(=O)c1cc(F)ccc1F. The van der Waals surface area contributed by atoms with E-state index in [4.69, 9.17) is 10.2 Å². The van der Waals surface area contributed by atoms with E-state index in [9.17, 15) is 18.4 Å². The van der Waals surface area contributed by atoms with Crippen LogP contribution in [0.5, 0.6) is 0 Å². The molecule has 0 saturated heterocycles. The molecule has 0 heterocycles. The third kappa shape index (κ3) is 4.87. The third-order valence-electron chi connectivity index (χ3n) is 3.04. The van der Waals surface area contributed by atoms with Gasteiger partial charge in [0, 0.05) is 6.04 Å². The quantitative estimate of drug-likeness (QED) is 0.631. The number of aliphatic carboxylic acids is 1. The molecule has 21 heavy (non-hydrogen) atoms. The zero-order valence-corrected chi connectivity index (χ0v) is 11.5. The van der Waals surface area contributed by atoms with Gasteiger partial charge in [-0.05, 0) is 24.6 Å². The Kier molecular flexibility index (Phi) is 6.39. The topological polar surface area (TPSA) is 86.6 Å². The summed E-state index contributed by atoms with van der Waals surface area (Å²) in [5, 5.41) is 20.6. The van der Waals surface area contributed by atoms with Crippen molar-refractivity contribution in [2.24, 2.45) is 0 Å². The Morgan fingerprint density at radius 2 is 2.00 bits per heavy atom. The summed E-state index contributed by atoms with van der Waals surface area (Å²) >= 11 is 0. The first-order valence-corrected chi connectivity index (χ1v) is 6.47. The molecule has 1 aromatic rings. The lowest BCUT2D eigenvalue weighted by Gasteiger charge is -2.22. The van der Waals surface area contributed by atoms with E-state index in [1.54, 1.807) is 6.92 Å². The van der Waals surface area contributed by atoms with Gasteiger partial charge in [-0.2, -0.15) is 0 Å². The second-order valence-corrected chi connectivity index (χ2v) is 4.59. The number of carbonyl (C=O) groups is 2. The first-order chi connectivity index (χ1) is 9.88. The number of hydrogen-bond donors (Lipinski definition) is 3. The maximum atomic E-state index is 13.6. The molecule has 0 spiro atoms. The highest BCUT2D eigenvalue weighted by Crippen LogP contribution is 2.14. The van der Waals surface area contributed by atoms with Crippen molar-refractivity contribution in [3.63, 3.8) is 0 Å². The van der Waals surface area contributed by atoms with Crippen molar-refractivity contribution in [3.05, 3.63) is 35.4 Å². The molecular formula is C14H17F2NO4. The van der Waals surface area contributed by atoms with Crippen LogP contribution < -0.4 is 5.32 Å². The molecule has 0 aliphatic carbocycles. The van der Waals surface area contributed by atoms with E-state index in [2.05, 4.69) is 5.32 Å². The molecule has 0 radical (unpaired) electrons. The Balaban J connectivity index is 3.03. The minimum atomic E-state index is -1.26. The maximum absolute atomic E-state index is 13.6. The van der Waals surface area contributed by atoms with Crippen molar-refractivity contribution in [3.8, 4) is 0 Å². The number of rotatable bonds is 8. The van der Waals surface area contributed by atoms with Crippen molar-refractivity contribution < 1.29 is 28.6 Å². The van der Waals surface area contributed by atoms with Crippen LogP contribution in [0.25, 0.3) is 0 Å². The third-order valence-corrected chi connectivity index (χ3v) is 3.04. The smallest absolute Gasteiger partial charge is 0.305 e. The molecule has 0 amide bonds. The average molecular weight is 301 g/mol. The zero-order chi connectivity index (χ0) is 16.0. The molecule has 0 saturated carbocycles. The number of benzene rings is 1. The predicted molar refractivity (Wildman–Crippen MR) is 71.0 cm³/mol. The van der Waals surface area contributed by atoms with Crippen LogP contribution in [0.1, 0.15) is 30.1 Å². The van der Waals surface area contributed by atoms with Gasteiger partial charge in [0.25, 0.3) is 0 Å². The van der Waals surface area contributed by atoms with Crippen molar-refractivity contribution in [2.75, 3.05) is 6.61 Å². The molecule has 116 valence electrons. The van der Waals surface area contributed by atoms with Gasteiger partial charge in [0.1, 0.15) is 11.6 Å². The van der Waals surface area contributed by atoms with E-state index >= 15 is 0 Å². The monoisotopic (exact) mass is 301 g/mol. The van der Waals surface area contributed by atoms with Gasteiger partial charge in [0.05, 0.1) is 24.6 Å². The van der Waals surface area contributed by atoms with E-state index in [0.717, 1.165) is 18.2 Å². The molecule has 2 unspecified atom stereocenters. The van der Waals surface area contributed by atoms with Gasteiger partial charge in [0.15, 0.2) is 5.78 Å². The maximum Gasteiger partial charge on any atom is 0.305 e. The largest absolute Gasteiger partial charge is 0.481 e. The van der Waals surface area contributed by atoms with Gasteiger partial charge in [-0.25, -0.2) is 8.78 Å². The molecule has 3 N–H and O–H groups in total. The van der Waals surface area contributed by atoms with Crippen LogP contribution in [0.15, 0.2) is 18.2 Å². The molecule has 7 heteroatoms. The van der Waals surface area contributed by atoms with Gasteiger partial charge in [0.2, 0.25) is 0 Å². The van der Waals surface area contributed by atoms with Gasteiger partial charge in [-0.1, -0.05) is 6.92 Å². The van der Waals surface area contributed by atoms with Gasteiger partial charge < -0.3 is 15.5 Å². The summed E-state index contributed by atoms with van der Waals surface area (Å²) < 4.78 is 26.7. The molecule has 5 nitrogen and oxygen atoms in total. The lowest BCUT2D eigenvalue weighted by Crippen LogP contribution is -2.46. The minimum absolute atomic E-state index is 0.300. The Bertz CT molecular complexity index is 518. The standard InChI is InChI=1S/C14H17F2NO4/c1-2-9(7-18)17-12(6-13(19)20)14(21)10-5-8(15)3-4-11(10)16/h3-5,9,12,17-18H,2,6-7H2,1H3,(H,19,20). The van der Waals surface area contributed by atoms with Crippen LogP contribution in [0.4, 0.5) is 8.78 Å². The number of Topliss-reactive ketones (excluding diaryl/α,β-unsaturated/α-hetero) is 1. The van der Waals surface area contributed by atoms with Crippen LogP contribution in [0, 0.1) is 11.6 Å². The number of aliphatic hydroxyl groups excluding tert-OH is 1. The van der Waals surface area contributed by atoms with E-state index in [1.807, 2.05) is 0 Å². The van der Waals surface area contributed by atoms with Crippen LogP contribution in [-0.4, -0.2) is 40.7 Å². The minimum Gasteiger partial charge on any atom is -0.481 e. The molecule has 0 bridgehead atoms. The fraction of sp³-hybridized carbons (Fsp3) is 0.429. The van der Waals surface area contributed by atoms with E-state index in [0.29, 0.717) is 6.42 Å². The van der Waals surface area contributed by atoms with Gasteiger partial charge >= 0.3 is 5.97 Å². The molecule has 0 fully saturated rings. The zero-order valence-electron chi connectivity index (χ0n) is 11.5. The summed E-state index contributed by atoms with van der Waals surface area (Å²) in [5.74, 6) is -3.83. The summed E-state index contributed by atoms with van der Waals surface area (Å²) in [7, 11) is 0. The highest BCUT2D eigenvalue weighted by atomic mass is 19.1. The van der Waals surface area contributed by atoms with Crippen molar-refractivity contribution >= 4 is 11.8 Å². The van der Waals surface area contributed by atoms with Crippen molar-refractivity contribution in [1.29, 1.82) is 0 Å². The molecule has 0 aliphatic heterocycles. The van der Waals surface area contributed by atoms with E-state index in [-0.39, 0.29) is 6.61 Å². The average Bonchev–Trinajstić information content (AvgIpc) is 2.44. The highest BCUT2D eigenvalue weighted by molar-refractivity contribution is 6.02. The first-order valence-electron chi connectivity index (χ1n) is 6.47. The number of halogens is 2. The number of hydrogen-bond acceptors (Lipinski definition) is 4. The molecule has 1 rings (SSSR count). The summed E-state index contributed by atoms with van der Waals surface area (Å²) in [6.45, 7) is 1.44. The van der Waals surface area contributed by atoms with Crippen LogP contribution >= 0.6 is 0 Å². The van der Waals surface area contributed by atoms with Crippen LogP contribution in [0.3, 0.4) is 0 Å². The van der Waals surface area contributed by atoms with Crippen molar-refractivity contribution in [1.82, 2.24) is 5.32 Å². The van der Waals surface area contributed by atoms with E-state index < -0.39 is 47.5 Å². The normalized spacial score (nSPS) is 13.7. The Morgan fingerprint density at radius 1 is 1.33 bits per heavy atom. The molecule has 2 atom stereocenters. The molecule has 0 aromatic heterocycles. The predicted octanol–water partition coefficient (Wildman–Crippen LogP) is 1.35. The number of carbonyl (C=O) groups excluding carboxylic acids is 1. The fourth-order valence-corrected chi connectivity index (χ4v) is 1.86. The van der Waals surface area contributed by atoms with Gasteiger partial charge in [-0.15, -0.1) is 0 Å². The second kappa shape index (κ2) is 7.80. The number of carboxylic acid groups (broad SMARTS) is 1. The Labute approximate surface area is 120 Å². The lowest BCUT2D eigenvalue weighted by atomic mass is 9.99. The number of carboxylic acids is 1. The summed E-state index contributed by atoms with van der Waals surface area (Å²) in [6.07, 6.45) is -0.142. The summed E-state index contributed by atoms with van der Waals surface area (Å²) in [5.41, 5.74) is -0.512. The summed E-state index contributed by atoms with van der Waals surface area (Å²) in [4.78, 5) is 23.0. The lowest BCUT2D eigenvalue weighted by molar-refractivity contribution is -0.137. The number of aliphatic hydroxyl groups is 1. The van der Waals surface area contributed by atoms with Crippen molar-refractivity contribution in [2.45, 2.75) is 31.8 Å². The second-order valence-electron chi connectivity index (χ2n) is 4.59. The Hall–Kier alpha value is -1.86. The van der Waals surface area contributed by atoms with Gasteiger partial charge in [-0.3, -0.25) is 9.59 Å². The summed E-state index contributed by atoms with van der Waals surface area (Å²) in [6, 6.07) is 0.664. The fourth-order valence-electron chi connectivity index (χ4n) is 1.86. The number of nitrogens with one attached hydrogen (secondary N) is 1. The first kappa shape index (κ1) is 17.2. The molecular weight excluding hydrogens is 284 g/mol. The highest BCUT2D eigenvalue weighted by Gasteiger charge is 2.27. The number of ketones is 1. The van der Waals surface area contributed by atoms with E-state index in [1.165, 1.54) is 0 Å². The Morgan fingerprint density at radius 3 is 2.52 bits per heavy atom. The molecule has 1 aromatic carbocycles. The van der Waals surface area contributed by atoms with Crippen LogP contribution in [0.2, 0.25) is 0 Å². The molecule has 0 aliphatic rings.